The van der Waals surface area contributed by atoms with Crippen LogP contribution >= 0.6 is 15.9 Å². The summed E-state index contributed by atoms with van der Waals surface area (Å²) >= 11 is 3.37. The summed E-state index contributed by atoms with van der Waals surface area (Å²) < 4.78 is 14.8. The van der Waals surface area contributed by atoms with Crippen LogP contribution in [0.5, 0.6) is 0 Å². The molecule has 112 valence electrons. The van der Waals surface area contributed by atoms with Crippen molar-refractivity contribution in [1.82, 2.24) is 5.32 Å². The number of nitrogens with two attached hydrogens (primary N) is 1. The van der Waals surface area contributed by atoms with Crippen LogP contribution in [0, 0.1) is 11.7 Å². The van der Waals surface area contributed by atoms with Crippen LogP contribution in [0.2, 0.25) is 0 Å². The highest BCUT2D eigenvalue weighted by Crippen LogP contribution is 2.28. The second-order valence-corrected chi connectivity index (χ2v) is 6.37. The molecule has 0 aromatic heterocycles. The third-order valence-corrected chi connectivity index (χ3v) is 4.62. The van der Waals surface area contributed by atoms with E-state index < -0.39 is 0 Å². The average molecular weight is 345 g/mol. The predicted molar refractivity (Wildman–Crippen MR) is 81.9 cm³/mol. The van der Waals surface area contributed by atoms with E-state index in [4.69, 9.17) is 5.73 Å². The van der Waals surface area contributed by atoms with Gasteiger partial charge in [-0.25, -0.2) is 4.39 Å². The average Bonchev–Trinajstić information content (AvgIpc) is 2.48. The summed E-state index contributed by atoms with van der Waals surface area (Å²) in [6.45, 7) is 0.512. The molecular weight excluding hydrogens is 323 g/mol. The fraction of sp³-hybridized carbons (Fsp3) is 0.600. The Labute approximate surface area is 127 Å². The fourth-order valence-electron chi connectivity index (χ4n) is 2.97. The number of aliphatic hydroxyl groups is 1. The largest absolute Gasteiger partial charge is 0.396 e. The van der Waals surface area contributed by atoms with E-state index >= 15 is 0 Å². The van der Waals surface area contributed by atoms with Crippen molar-refractivity contribution in [3.63, 3.8) is 0 Å². The molecule has 4 N–H and O–H groups in total. The van der Waals surface area contributed by atoms with Gasteiger partial charge in [-0.1, -0.05) is 28.8 Å². The molecule has 5 heteroatoms. The highest BCUT2D eigenvalue weighted by molar-refractivity contribution is 9.10. The Morgan fingerprint density at radius 2 is 2.15 bits per heavy atom. The minimum atomic E-state index is -0.243. The smallest absolute Gasteiger partial charge is 0.128 e. The zero-order valence-corrected chi connectivity index (χ0v) is 13.1. The zero-order chi connectivity index (χ0) is 14.5. The summed E-state index contributed by atoms with van der Waals surface area (Å²) in [4.78, 5) is 0. The fourth-order valence-corrected chi connectivity index (χ4v) is 3.35. The van der Waals surface area contributed by atoms with Gasteiger partial charge in [0.15, 0.2) is 0 Å². The molecule has 0 amide bonds. The van der Waals surface area contributed by atoms with Crippen LogP contribution < -0.4 is 11.1 Å². The Kier molecular flexibility index (Phi) is 5.96. The Bertz CT molecular complexity index is 444. The van der Waals surface area contributed by atoms with Gasteiger partial charge >= 0.3 is 0 Å². The van der Waals surface area contributed by atoms with E-state index in [9.17, 15) is 9.50 Å². The topological polar surface area (TPSA) is 58.3 Å². The van der Waals surface area contributed by atoms with Gasteiger partial charge in [0.2, 0.25) is 0 Å². The van der Waals surface area contributed by atoms with Crippen molar-refractivity contribution >= 4 is 15.9 Å². The lowest BCUT2D eigenvalue weighted by atomic mass is 9.84. The number of halogens is 2. The van der Waals surface area contributed by atoms with Gasteiger partial charge in [0.1, 0.15) is 5.82 Å². The summed E-state index contributed by atoms with van der Waals surface area (Å²) in [5, 5.41) is 12.9. The molecule has 0 bridgehead atoms. The van der Waals surface area contributed by atoms with E-state index in [0.717, 1.165) is 30.2 Å². The predicted octanol–water partition coefficient (Wildman–Crippen LogP) is 2.73. The van der Waals surface area contributed by atoms with E-state index in [1.54, 1.807) is 12.1 Å². The lowest BCUT2D eigenvalue weighted by molar-refractivity contribution is 0.146. The first-order valence-corrected chi connectivity index (χ1v) is 7.97. The van der Waals surface area contributed by atoms with Gasteiger partial charge in [0.25, 0.3) is 0 Å². The molecule has 3 atom stereocenters. The molecule has 3 nitrogen and oxygen atoms in total. The lowest BCUT2D eigenvalue weighted by Crippen LogP contribution is -2.44. The Hall–Kier alpha value is -0.490. The minimum absolute atomic E-state index is 0.177. The normalized spacial score (nSPS) is 24.6. The van der Waals surface area contributed by atoms with Gasteiger partial charge in [-0.05, 0) is 37.0 Å². The summed E-state index contributed by atoms with van der Waals surface area (Å²) in [7, 11) is 0. The second-order valence-electron chi connectivity index (χ2n) is 5.45. The van der Waals surface area contributed by atoms with Crippen molar-refractivity contribution in [2.45, 2.75) is 37.8 Å². The summed E-state index contributed by atoms with van der Waals surface area (Å²) in [6, 6.07) is 4.90. The third-order valence-electron chi connectivity index (χ3n) is 4.13. The van der Waals surface area contributed by atoms with Crippen molar-refractivity contribution in [3.8, 4) is 0 Å². The second kappa shape index (κ2) is 7.50. The highest BCUT2D eigenvalue weighted by atomic mass is 79.9. The van der Waals surface area contributed by atoms with Crippen molar-refractivity contribution in [2.24, 2.45) is 11.7 Å². The number of rotatable bonds is 5. The van der Waals surface area contributed by atoms with Crippen LogP contribution in [0.15, 0.2) is 22.7 Å². The highest BCUT2D eigenvalue weighted by Gasteiger charge is 2.27. The van der Waals surface area contributed by atoms with Crippen molar-refractivity contribution < 1.29 is 9.50 Å². The van der Waals surface area contributed by atoms with Crippen LogP contribution in [0.4, 0.5) is 4.39 Å². The van der Waals surface area contributed by atoms with E-state index in [2.05, 4.69) is 21.2 Å². The molecule has 0 radical (unpaired) electrons. The first kappa shape index (κ1) is 15.9. The van der Waals surface area contributed by atoms with Crippen LogP contribution in [-0.2, 0) is 0 Å². The Morgan fingerprint density at radius 3 is 2.85 bits per heavy atom. The SMILES string of the molecule is NCC(NC1CCCCC1CO)c1cc(Br)ccc1F. The van der Waals surface area contributed by atoms with Gasteiger partial charge in [-0.15, -0.1) is 0 Å². The molecule has 1 saturated carbocycles. The van der Waals surface area contributed by atoms with E-state index in [-0.39, 0.29) is 30.4 Å². The van der Waals surface area contributed by atoms with E-state index in [1.165, 1.54) is 6.07 Å². The quantitative estimate of drug-likeness (QED) is 0.769. The van der Waals surface area contributed by atoms with E-state index in [1.807, 2.05) is 0 Å². The van der Waals surface area contributed by atoms with Crippen LogP contribution in [-0.4, -0.2) is 24.3 Å². The Morgan fingerprint density at radius 1 is 1.40 bits per heavy atom. The molecule has 1 fully saturated rings. The molecule has 0 aliphatic heterocycles. The molecule has 1 aliphatic rings. The number of nitrogens with one attached hydrogen (secondary N) is 1. The maximum absolute atomic E-state index is 14.0. The molecule has 1 aromatic rings. The standard InChI is InChI=1S/C15H22BrFN2O/c16-11-5-6-13(17)12(7-11)15(8-18)19-14-4-2-1-3-10(14)9-20/h5-7,10,14-15,19-20H,1-4,8-9,18H2. The van der Waals surface area contributed by atoms with E-state index in [0.29, 0.717) is 12.1 Å². The van der Waals surface area contributed by atoms with Gasteiger partial charge in [-0.2, -0.15) is 0 Å². The molecule has 1 aliphatic carbocycles. The van der Waals surface area contributed by atoms with Crippen LogP contribution in [0.25, 0.3) is 0 Å². The third kappa shape index (κ3) is 3.79. The number of benzene rings is 1. The molecular formula is C15H22BrFN2O. The first-order valence-electron chi connectivity index (χ1n) is 7.17. The Balaban J connectivity index is 2.13. The molecule has 2 rings (SSSR count). The van der Waals surface area contributed by atoms with Crippen LogP contribution in [0.3, 0.4) is 0 Å². The zero-order valence-electron chi connectivity index (χ0n) is 11.5. The molecule has 0 saturated heterocycles. The first-order chi connectivity index (χ1) is 9.65. The molecule has 1 aromatic carbocycles. The molecule has 20 heavy (non-hydrogen) atoms. The summed E-state index contributed by atoms with van der Waals surface area (Å²) in [5.74, 6) is 0.000483. The van der Waals surface area contributed by atoms with Crippen molar-refractivity contribution in [1.29, 1.82) is 0 Å². The summed E-state index contributed by atoms with van der Waals surface area (Å²) in [5.41, 5.74) is 6.41. The van der Waals surface area contributed by atoms with Crippen molar-refractivity contribution in [3.05, 3.63) is 34.1 Å². The monoisotopic (exact) mass is 344 g/mol. The van der Waals surface area contributed by atoms with Gasteiger partial charge in [0, 0.05) is 35.3 Å². The number of hydrogen-bond donors (Lipinski definition) is 3. The number of aliphatic hydroxyl groups excluding tert-OH is 1. The van der Waals surface area contributed by atoms with Crippen LogP contribution in [0.1, 0.15) is 37.3 Å². The molecule has 0 spiro atoms. The molecule has 0 heterocycles. The van der Waals surface area contributed by atoms with Crippen molar-refractivity contribution in [2.75, 3.05) is 13.2 Å². The number of hydrogen-bond acceptors (Lipinski definition) is 3. The van der Waals surface area contributed by atoms with Gasteiger partial charge < -0.3 is 16.2 Å². The summed E-state index contributed by atoms with van der Waals surface area (Å²) in [6.07, 6.45) is 4.33. The van der Waals surface area contributed by atoms with Gasteiger partial charge in [0.05, 0.1) is 0 Å². The maximum Gasteiger partial charge on any atom is 0.128 e. The van der Waals surface area contributed by atoms with Gasteiger partial charge in [-0.3, -0.25) is 0 Å². The molecule has 3 unspecified atom stereocenters. The maximum atomic E-state index is 14.0. The lowest BCUT2D eigenvalue weighted by Gasteiger charge is -2.34. The minimum Gasteiger partial charge on any atom is -0.396 e.